The molecule has 5 atom stereocenters. The van der Waals surface area contributed by atoms with Crippen LogP contribution >= 0.6 is 0 Å². The Kier molecular flexibility index (Phi) is 7.45. The minimum absolute atomic E-state index is 0.0306. The smallest absolute Gasteiger partial charge is 0.416 e. The number of halogens is 3. The number of piperidine rings is 1. The van der Waals surface area contributed by atoms with E-state index in [1.165, 1.54) is 44.1 Å². The predicted molar refractivity (Wildman–Crippen MR) is 165 cm³/mol. The molecule has 2 aromatic rings. The van der Waals surface area contributed by atoms with E-state index in [1.54, 1.807) is 11.0 Å². The second-order valence-corrected chi connectivity index (χ2v) is 14.3. The Morgan fingerprint density at radius 2 is 1.96 bits per heavy atom. The van der Waals surface area contributed by atoms with Crippen molar-refractivity contribution in [1.29, 1.82) is 0 Å². The van der Waals surface area contributed by atoms with Gasteiger partial charge in [-0.05, 0) is 92.3 Å². The van der Waals surface area contributed by atoms with Crippen LogP contribution in [0.1, 0.15) is 75.1 Å². The Bertz CT molecular complexity index is 1590. The van der Waals surface area contributed by atoms with Gasteiger partial charge in [0, 0.05) is 31.7 Å². The van der Waals surface area contributed by atoms with Crippen LogP contribution in [0.3, 0.4) is 0 Å². The SMILES string of the molecule is CC(=O)O[C@@]12CC[C@@H](N(CC(C)C)C(=O)C=Cc3cccc(C(F)(F)F)c3)[C@@H]3Oc4c(O)ccc5c4[C@@]31CCN(CC1CC1)[C@@H]2C5. The van der Waals surface area contributed by atoms with E-state index < -0.39 is 34.9 Å². The van der Waals surface area contributed by atoms with Gasteiger partial charge < -0.3 is 19.5 Å². The number of phenols is 1. The van der Waals surface area contributed by atoms with Crippen LogP contribution < -0.4 is 4.74 Å². The lowest BCUT2D eigenvalue weighted by atomic mass is 9.48. The quantitative estimate of drug-likeness (QED) is 0.278. The number of benzene rings is 2. The molecule has 3 fully saturated rings. The molecule has 2 bridgehead atoms. The number of hydrogen-bond donors (Lipinski definition) is 1. The monoisotopic (exact) mass is 638 g/mol. The molecular formula is C36H41F3N2O5. The summed E-state index contributed by atoms with van der Waals surface area (Å²) in [6.45, 7) is 7.63. The first-order chi connectivity index (χ1) is 21.8. The molecule has 5 aliphatic rings. The fourth-order valence-electron chi connectivity index (χ4n) is 9.07. The molecule has 7 nitrogen and oxygen atoms in total. The first-order valence-electron chi connectivity index (χ1n) is 16.5. The van der Waals surface area contributed by atoms with E-state index in [1.807, 2.05) is 19.9 Å². The minimum Gasteiger partial charge on any atom is -0.504 e. The first-order valence-corrected chi connectivity index (χ1v) is 16.5. The van der Waals surface area contributed by atoms with Gasteiger partial charge in [-0.3, -0.25) is 14.5 Å². The zero-order valence-electron chi connectivity index (χ0n) is 26.5. The molecule has 0 unspecified atom stereocenters. The molecule has 0 aromatic heterocycles. The molecule has 1 spiro atoms. The highest BCUT2D eigenvalue weighted by atomic mass is 19.4. The third-order valence-electron chi connectivity index (χ3n) is 10.9. The second kappa shape index (κ2) is 11.0. The summed E-state index contributed by atoms with van der Waals surface area (Å²) in [6.07, 6.45) is 2.47. The summed E-state index contributed by atoms with van der Waals surface area (Å²) >= 11 is 0. The fraction of sp³-hybridized carbons (Fsp3) is 0.556. The molecule has 2 aliphatic heterocycles. The molecular weight excluding hydrogens is 597 g/mol. The Hall–Kier alpha value is -3.53. The number of rotatable bonds is 8. The van der Waals surface area contributed by atoms with E-state index >= 15 is 0 Å². The Morgan fingerprint density at radius 3 is 2.65 bits per heavy atom. The molecule has 46 heavy (non-hydrogen) atoms. The van der Waals surface area contributed by atoms with Gasteiger partial charge >= 0.3 is 12.1 Å². The molecule has 7 rings (SSSR count). The summed E-state index contributed by atoms with van der Waals surface area (Å²) in [7, 11) is 0. The van der Waals surface area contributed by atoms with Crippen molar-refractivity contribution >= 4 is 18.0 Å². The van der Waals surface area contributed by atoms with Crippen molar-refractivity contribution in [3.05, 3.63) is 64.7 Å². The van der Waals surface area contributed by atoms with Crippen molar-refractivity contribution in [3.8, 4) is 11.5 Å². The maximum Gasteiger partial charge on any atom is 0.416 e. The largest absolute Gasteiger partial charge is 0.504 e. The lowest BCUT2D eigenvalue weighted by molar-refractivity contribution is -0.224. The molecule has 0 radical (unpaired) electrons. The van der Waals surface area contributed by atoms with Crippen molar-refractivity contribution in [2.75, 3.05) is 19.6 Å². The van der Waals surface area contributed by atoms with E-state index in [0.29, 0.717) is 43.9 Å². The van der Waals surface area contributed by atoms with Crippen LogP contribution in [0, 0.1) is 11.8 Å². The molecule has 2 saturated carbocycles. The fourth-order valence-corrected chi connectivity index (χ4v) is 9.07. The number of phenolic OH excluding ortho intramolecular Hbond substituents is 1. The summed E-state index contributed by atoms with van der Waals surface area (Å²) in [5.74, 6) is 0.506. The van der Waals surface area contributed by atoms with Crippen molar-refractivity contribution in [2.24, 2.45) is 11.8 Å². The van der Waals surface area contributed by atoms with Gasteiger partial charge in [-0.1, -0.05) is 32.0 Å². The van der Waals surface area contributed by atoms with Crippen molar-refractivity contribution in [1.82, 2.24) is 9.80 Å². The topological polar surface area (TPSA) is 79.3 Å². The molecule has 1 N–H and O–H groups in total. The number of nitrogens with zero attached hydrogens (tertiary/aromatic N) is 2. The van der Waals surface area contributed by atoms with E-state index in [0.717, 1.165) is 36.3 Å². The summed E-state index contributed by atoms with van der Waals surface area (Å²) in [4.78, 5) is 31.3. The van der Waals surface area contributed by atoms with E-state index in [4.69, 9.17) is 9.47 Å². The average Bonchev–Trinajstić information content (AvgIpc) is 3.74. The van der Waals surface area contributed by atoms with Crippen LogP contribution in [0.4, 0.5) is 13.2 Å². The van der Waals surface area contributed by atoms with Crippen molar-refractivity contribution in [3.63, 3.8) is 0 Å². The van der Waals surface area contributed by atoms with Gasteiger partial charge in [0.1, 0.15) is 11.7 Å². The number of aromatic hydroxyl groups is 1. The number of amides is 1. The normalized spacial score (nSPS) is 29.8. The summed E-state index contributed by atoms with van der Waals surface area (Å²) in [5, 5.41) is 11.1. The molecule has 246 valence electrons. The molecule has 10 heteroatoms. The Labute approximate surface area is 267 Å². The van der Waals surface area contributed by atoms with Crippen LogP contribution in [0.25, 0.3) is 6.08 Å². The highest BCUT2D eigenvalue weighted by Crippen LogP contribution is 2.67. The molecule has 2 heterocycles. The van der Waals surface area contributed by atoms with E-state index in [-0.39, 0.29) is 35.1 Å². The van der Waals surface area contributed by atoms with E-state index in [9.17, 15) is 27.9 Å². The van der Waals surface area contributed by atoms with Gasteiger partial charge in [0.2, 0.25) is 5.91 Å². The number of likely N-dealkylation sites (tertiary alicyclic amines) is 1. The van der Waals surface area contributed by atoms with Gasteiger partial charge in [-0.2, -0.15) is 13.2 Å². The third-order valence-corrected chi connectivity index (χ3v) is 10.9. The average molecular weight is 639 g/mol. The zero-order chi connectivity index (χ0) is 32.6. The van der Waals surface area contributed by atoms with Crippen molar-refractivity contribution < 1.29 is 37.3 Å². The minimum atomic E-state index is -4.49. The van der Waals surface area contributed by atoms with Crippen LogP contribution in [-0.4, -0.2) is 70.2 Å². The van der Waals surface area contributed by atoms with Crippen LogP contribution in [0.15, 0.2) is 42.5 Å². The van der Waals surface area contributed by atoms with Crippen LogP contribution in [0.5, 0.6) is 11.5 Å². The lowest BCUT2D eigenvalue weighted by Gasteiger charge is -2.65. The third kappa shape index (κ3) is 4.90. The number of carbonyl (C=O) groups is 2. The highest BCUT2D eigenvalue weighted by molar-refractivity contribution is 5.92. The van der Waals surface area contributed by atoms with Gasteiger partial charge in [0.15, 0.2) is 11.5 Å². The number of alkyl halides is 3. The van der Waals surface area contributed by atoms with Crippen LogP contribution in [-0.2, 0) is 32.3 Å². The number of esters is 1. The van der Waals surface area contributed by atoms with Gasteiger partial charge in [0.05, 0.1) is 23.1 Å². The molecule has 3 aliphatic carbocycles. The predicted octanol–water partition coefficient (Wildman–Crippen LogP) is 6.11. The molecule has 1 saturated heterocycles. The Balaban J connectivity index is 1.30. The summed E-state index contributed by atoms with van der Waals surface area (Å²) < 4.78 is 53.4. The lowest BCUT2D eigenvalue weighted by Crippen LogP contribution is -2.79. The maximum absolute atomic E-state index is 14.1. The summed E-state index contributed by atoms with van der Waals surface area (Å²) in [6, 6.07) is 8.06. The van der Waals surface area contributed by atoms with Gasteiger partial charge in [-0.25, -0.2) is 0 Å². The highest BCUT2D eigenvalue weighted by Gasteiger charge is 2.75. The van der Waals surface area contributed by atoms with Gasteiger partial charge in [-0.15, -0.1) is 0 Å². The first kappa shape index (κ1) is 31.1. The second-order valence-electron chi connectivity index (χ2n) is 14.3. The molecule has 2 aromatic carbocycles. The number of ether oxygens (including phenoxy) is 2. The standard InChI is InChI=1S/C36H41F3N2O5/c1-21(2)19-41(30(44)12-9-23-5-4-6-26(17-23)36(37,38)39)27-13-14-35(46-22(3)42)29-18-25-10-11-28(43)32-31(25)34(35,33(27)45-32)15-16-40(29)20-24-7-8-24/h4-6,9-12,17,21,24,27,29,33,43H,7-8,13-16,18-20H2,1-3H3/t27-,29-,33+,34+,35-/m1/s1. The summed E-state index contributed by atoms with van der Waals surface area (Å²) in [5.41, 5.74) is -0.172. The maximum atomic E-state index is 14.1. The number of hydrogen-bond acceptors (Lipinski definition) is 6. The Morgan fingerprint density at radius 1 is 1.17 bits per heavy atom. The van der Waals surface area contributed by atoms with Gasteiger partial charge in [0.25, 0.3) is 0 Å². The molecule has 1 amide bonds. The van der Waals surface area contributed by atoms with Crippen molar-refractivity contribution in [2.45, 2.75) is 94.7 Å². The zero-order valence-corrected chi connectivity index (χ0v) is 26.5. The van der Waals surface area contributed by atoms with E-state index in [2.05, 4.69) is 4.90 Å². The van der Waals surface area contributed by atoms with Crippen LogP contribution in [0.2, 0.25) is 0 Å². The number of carbonyl (C=O) groups excluding carboxylic acids is 2.